The van der Waals surface area contributed by atoms with E-state index < -0.39 is 18.1 Å². The number of nitrogens with zero attached hydrogens (tertiary/aromatic N) is 1. The number of halogens is 1. The molecule has 1 fully saturated rings. The molecule has 0 spiro atoms. The molecule has 0 saturated carbocycles. The summed E-state index contributed by atoms with van der Waals surface area (Å²) in [4.78, 5) is 26.1. The number of fused-ring (bicyclic) bond motifs is 3. The molecular weight excluding hydrogens is 421 g/mol. The molecule has 33 heavy (non-hydrogen) atoms. The molecule has 5 nitrogen and oxygen atoms in total. The summed E-state index contributed by atoms with van der Waals surface area (Å²) in [7, 11) is 0. The lowest BCUT2D eigenvalue weighted by atomic mass is 9.97. The molecule has 168 valence electrons. The van der Waals surface area contributed by atoms with E-state index in [1.807, 2.05) is 36.4 Å². The van der Waals surface area contributed by atoms with Crippen LogP contribution in [-0.4, -0.2) is 41.3 Å². The fourth-order valence-corrected chi connectivity index (χ4v) is 5.14. The van der Waals surface area contributed by atoms with Crippen molar-refractivity contribution in [2.75, 3.05) is 13.2 Å². The highest BCUT2D eigenvalue weighted by molar-refractivity contribution is 5.81. The average Bonchev–Trinajstić information content (AvgIpc) is 3.39. The number of hydrogen-bond donors (Lipinski definition) is 1. The van der Waals surface area contributed by atoms with Crippen LogP contribution < -0.4 is 0 Å². The van der Waals surface area contributed by atoms with Gasteiger partial charge in [-0.2, -0.15) is 0 Å². The Hall–Kier alpha value is -3.67. The van der Waals surface area contributed by atoms with Gasteiger partial charge in [-0.1, -0.05) is 60.7 Å². The maximum absolute atomic E-state index is 13.2. The molecule has 5 rings (SSSR count). The fourth-order valence-electron chi connectivity index (χ4n) is 5.14. The number of benzene rings is 3. The van der Waals surface area contributed by atoms with E-state index in [1.165, 1.54) is 17.0 Å². The molecular formula is C27H24FNO4. The van der Waals surface area contributed by atoms with Crippen molar-refractivity contribution in [2.24, 2.45) is 5.92 Å². The van der Waals surface area contributed by atoms with Crippen molar-refractivity contribution in [1.82, 2.24) is 4.90 Å². The first-order chi connectivity index (χ1) is 16.0. The van der Waals surface area contributed by atoms with Gasteiger partial charge in [0.15, 0.2) is 0 Å². The van der Waals surface area contributed by atoms with E-state index in [1.54, 1.807) is 12.1 Å². The SMILES string of the molecule is O=C(O)[C@@H]1C[C@H](Cc2ccc(F)cc2)CN1C(=O)OCC1c2ccccc2-c2ccccc21. The maximum Gasteiger partial charge on any atom is 0.410 e. The largest absolute Gasteiger partial charge is 0.480 e. The zero-order valence-corrected chi connectivity index (χ0v) is 18.0. The number of carbonyl (C=O) groups excluding carboxylic acids is 1. The number of rotatable bonds is 5. The van der Waals surface area contributed by atoms with Gasteiger partial charge in [-0.15, -0.1) is 0 Å². The minimum Gasteiger partial charge on any atom is -0.480 e. The quantitative estimate of drug-likeness (QED) is 0.594. The Bertz CT molecular complexity index is 1150. The van der Waals surface area contributed by atoms with E-state index in [4.69, 9.17) is 4.74 Å². The summed E-state index contributed by atoms with van der Waals surface area (Å²) >= 11 is 0. The molecule has 1 aliphatic heterocycles. The topological polar surface area (TPSA) is 66.8 Å². The first kappa shape index (κ1) is 21.2. The van der Waals surface area contributed by atoms with E-state index >= 15 is 0 Å². The van der Waals surface area contributed by atoms with Gasteiger partial charge >= 0.3 is 12.1 Å². The van der Waals surface area contributed by atoms with Crippen LogP contribution in [0.5, 0.6) is 0 Å². The van der Waals surface area contributed by atoms with E-state index in [0.717, 1.165) is 27.8 Å². The number of ether oxygens (including phenoxy) is 1. The molecule has 2 aliphatic rings. The molecule has 6 heteroatoms. The van der Waals surface area contributed by atoms with Crippen LogP contribution in [-0.2, 0) is 16.0 Å². The van der Waals surface area contributed by atoms with Gasteiger partial charge in [0.05, 0.1) is 0 Å². The van der Waals surface area contributed by atoms with Gasteiger partial charge in [-0.3, -0.25) is 4.90 Å². The van der Waals surface area contributed by atoms with Crippen molar-refractivity contribution in [1.29, 1.82) is 0 Å². The van der Waals surface area contributed by atoms with Gasteiger partial charge in [-0.25, -0.2) is 14.0 Å². The fraction of sp³-hybridized carbons (Fsp3) is 0.259. The maximum atomic E-state index is 13.2. The second-order valence-electron chi connectivity index (χ2n) is 8.74. The second-order valence-corrected chi connectivity index (χ2v) is 8.74. The Kier molecular flexibility index (Phi) is 5.58. The molecule has 1 heterocycles. The predicted octanol–water partition coefficient (Wildman–Crippen LogP) is 5.09. The third-order valence-electron chi connectivity index (χ3n) is 6.68. The van der Waals surface area contributed by atoms with Gasteiger partial charge in [0.25, 0.3) is 0 Å². The monoisotopic (exact) mass is 445 g/mol. The summed E-state index contributed by atoms with van der Waals surface area (Å²) in [6.07, 6.45) is 0.319. The van der Waals surface area contributed by atoms with E-state index in [2.05, 4.69) is 12.1 Å². The van der Waals surface area contributed by atoms with Crippen LogP contribution in [0.4, 0.5) is 9.18 Å². The number of carboxylic acids is 1. The van der Waals surface area contributed by atoms with Crippen LogP contribution in [0.1, 0.15) is 29.0 Å². The molecule has 0 bridgehead atoms. The number of amides is 1. The highest BCUT2D eigenvalue weighted by atomic mass is 19.1. The average molecular weight is 445 g/mol. The first-order valence-corrected chi connectivity index (χ1v) is 11.1. The zero-order chi connectivity index (χ0) is 22.9. The molecule has 1 N–H and O–H groups in total. The van der Waals surface area contributed by atoms with Crippen molar-refractivity contribution in [2.45, 2.75) is 24.8 Å². The summed E-state index contributed by atoms with van der Waals surface area (Å²) in [5.74, 6) is -1.46. The van der Waals surface area contributed by atoms with Crippen molar-refractivity contribution in [3.05, 3.63) is 95.3 Å². The molecule has 3 aromatic rings. The molecule has 0 unspecified atom stereocenters. The Labute approximate surface area is 191 Å². The van der Waals surface area contributed by atoms with Gasteiger partial charge in [0.1, 0.15) is 18.5 Å². The van der Waals surface area contributed by atoms with Gasteiger partial charge in [-0.05, 0) is 58.7 Å². The normalized spacial score (nSPS) is 19.2. The summed E-state index contributed by atoms with van der Waals surface area (Å²) in [6, 6.07) is 21.4. The Balaban J connectivity index is 1.29. The summed E-state index contributed by atoms with van der Waals surface area (Å²) in [6.45, 7) is 0.448. The number of aliphatic carboxylic acids is 1. The van der Waals surface area contributed by atoms with Gasteiger partial charge < -0.3 is 9.84 Å². The van der Waals surface area contributed by atoms with Crippen LogP contribution in [0.15, 0.2) is 72.8 Å². The van der Waals surface area contributed by atoms with Crippen molar-refractivity contribution >= 4 is 12.1 Å². The van der Waals surface area contributed by atoms with Crippen LogP contribution in [0, 0.1) is 11.7 Å². The number of hydrogen-bond acceptors (Lipinski definition) is 3. The highest BCUT2D eigenvalue weighted by Crippen LogP contribution is 2.44. The Morgan fingerprint density at radius 1 is 0.939 bits per heavy atom. The van der Waals surface area contributed by atoms with Crippen molar-refractivity contribution in [3.8, 4) is 11.1 Å². The van der Waals surface area contributed by atoms with Gasteiger partial charge in [0, 0.05) is 12.5 Å². The van der Waals surface area contributed by atoms with Crippen LogP contribution >= 0.6 is 0 Å². The summed E-state index contributed by atoms with van der Waals surface area (Å²) < 4.78 is 18.9. The lowest BCUT2D eigenvalue weighted by molar-refractivity contribution is -0.141. The Morgan fingerprint density at radius 2 is 1.55 bits per heavy atom. The van der Waals surface area contributed by atoms with Crippen LogP contribution in [0.3, 0.4) is 0 Å². The molecule has 1 amide bonds. The molecule has 0 radical (unpaired) electrons. The zero-order valence-electron chi connectivity index (χ0n) is 18.0. The molecule has 1 aliphatic carbocycles. The third-order valence-corrected chi connectivity index (χ3v) is 6.68. The predicted molar refractivity (Wildman–Crippen MR) is 121 cm³/mol. The van der Waals surface area contributed by atoms with E-state index in [-0.39, 0.29) is 24.3 Å². The Morgan fingerprint density at radius 3 is 2.15 bits per heavy atom. The van der Waals surface area contributed by atoms with Crippen molar-refractivity contribution in [3.63, 3.8) is 0 Å². The second kappa shape index (κ2) is 8.70. The standard InChI is InChI=1S/C27H24FNO4/c28-19-11-9-17(10-12-19)13-18-14-25(26(30)31)29(15-18)27(32)33-16-24-22-7-3-1-5-20(22)21-6-2-4-8-23(21)24/h1-12,18,24-25H,13-16H2,(H,30,31)/t18-,25-/m0/s1. The summed E-state index contributed by atoms with van der Waals surface area (Å²) in [5, 5.41) is 9.69. The summed E-state index contributed by atoms with van der Waals surface area (Å²) in [5.41, 5.74) is 5.41. The number of likely N-dealkylation sites (tertiary alicyclic amines) is 1. The van der Waals surface area contributed by atoms with Gasteiger partial charge in [0.2, 0.25) is 0 Å². The molecule has 2 atom stereocenters. The van der Waals surface area contributed by atoms with E-state index in [9.17, 15) is 19.1 Å². The molecule has 0 aromatic heterocycles. The van der Waals surface area contributed by atoms with E-state index in [0.29, 0.717) is 19.4 Å². The smallest absolute Gasteiger partial charge is 0.410 e. The minimum absolute atomic E-state index is 0.0305. The van der Waals surface area contributed by atoms with Crippen molar-refractivity contribution < 1.29 is 23.8 Å². The number of carbonyl (C=O) groups is 2. The number of carboxylic acid groups (broad SMARTS) is 1. The lowest BCUT2D eigenvalue weighted by Gasteiger charge is -2.22. The first-order valence-electron chi connectivity index (χ1n) is 11.1. The minimum atomic E-state index is -1.04. The van der Waals surface area contributed by atoms with Crippen LogP contribution in [0.25, 0.3) is 11.1 Å². The highest BCUT2D eigenvalue weighted by Gasteiger charge is 2.41. The lowest BCUT2D eigenvalue weighted by Crippen LogP contribution is -2.41. The van der Waals surface area contributed by atoms with Crippen LogP contribution in [0.2, 0.25) is 0 Å². The molecule has 3 aromatic carbocycles. The third kappa shape index (κ3) is 4.09. The molecule has 1 saturated heterocycles.